The molecule has 7 nitrogen and oxygen atoms in total. The lowest BCUT2D eigenvalue weighted by Gasteiger charge is -2.31. The maximum absolute atomic E-state index is 13.9. The summed E-state index contributed by atoms with van der Waals surface area (Å²) in [6.45, 7) is 1.03. The fourth-order valence-corrected chi connectivity index (χ4v) is 5.63. The summed E-state index contributed by atoms with van der Waals surface area (Å²) in [6, 6.07) is 9.50. The first kappa shape index (κ1) is 22.2. The number of likely N-dealkylation sites (tertiary alicyclic amines) is 1. The number of benzene rings is 2. The molecule has 0 unspecified atom stereocenters. The van der Waals surface area contributed by atoms with Crippen LogP contribution in [0.25, 0.3) is 0 Å². The zero-order valence-electron chi connectivity index (χ0n) is 17.3. The van der Waals surface area contributed by atoms with Crippen molar-refractivity contribution in [1.29, 1.82) is 0 Å². The van der Waals surface area contributed by atoms with Crippen molar-refractivity contribution in [1.82, 2.24) is 4.90 Å². The number of carbonyl (C=O) groups is 2. The fraction of sp³-hybridized carbons (Fsp3) is 0.364. The van der Waals surface area contributed by atoms with E-state index in [1.165, 1.54) is 9.21 Å². The molecule has 2 aromatic rings. The van der Waals surface area contributed by atoms with Crippen LogP contribution in [0.15, 0.2) is 42.5 Å². The summed E-state index contributed by atoms with van der Waals surface area (Å²) in [5, 5.41) is 2.83. The van der Waals surface area contributed by atoms with Gasteiger partial charge in [-0.15, -0.1) is 0 Å². The van der Waals surface area contributed by atoms with Crippen LogP contribution >= 0.6 is 0 Å². The molecule has 2 amide bonds. The minimum atomic E-state index is -3.26. The Balaban J connectivity index is 1.32. The van der Waals surface area contributed by atoms with Gasteiger partial charge in [-0.05, 0) is 55.7 Å². The van der Waals surface area contributed by atoms with Crippen molar-refractivity contribution >= 4 is 33.2 Å². The molecule has 0 aromatic heterocycles. The normalized spacial score (nSPS) is 18.6. The summed E-state index contributed by atoms with van der Waals surface area (Å²) in [6.07, 6.45) is 1.44. The molecule has 10 heteroatoms. The molecule has 0 saturated carbocycles. The number of rotatable bonds is 4. The van der Waals surface area contributed by atoms with Crippen molar-refractivity contribution < 1.29 is 26.8 Å². The lowest BCUT2D eigenvalue weighted by Crippen LogP contribution is -2.41. The van der Waals surface area contributed by atoms with E-state index < -0.39 is 27.6 Å². The minimum Gasteiger partial charge on any atom is -0.339 e. The topological polar surface area (TPSA) is 86.8 Å². The number of piperidine rings is 1. The van der Waals surface area contributed by atoms with Gasteiger partial charge in [0.15, 0.2) is 0 Å². The predicted octanol–water partition coefficient (Wildman–Crippen LogP) is 3.00. The Morgan fingerprint density at radius 2 is 1.66 bits per heavy atom. The first-order valence-electron chi connectivity index (χ1n) is 10.4. The van der Waals surface area contributed by atoms with Crippen molar-refractivity contribution in [2.75, 3.05) is 35.0 Å². The molecule has 32 heavy (non-hydrogen) atoms. The molecule has 2 aliphatic rings. The van der Waals surface area contributed by atoms with Gasteiger partial charge in [0.25, 0.3) is 5.91 Å². The van der Waals surface area contributed by atoms with Gasteiger partial charge in [-0.1, -0.05) is 0 Å². The quantitative estimate of drug-likeness (QED) is 0.755. The van der Waals surface area contributed by atoms with E-state index in [1.54, 1.807) is 24.3 Å². The average molecular weight is 464 g/mol. The molecule has 2 aliphatic heterocycles. The highest BCUT2D eigenvalue weighted by molar-refractivity contribution is 7.93. The van der Waals surface area contributed by atoms with Crippen LogP contribution in [0.3, 0.4) is 0 Å². The summed E-state index contributed by atoms with van der Waals surface area (Å²) in [4.78, 5) is 26.6. The highest BCUT2D eigenvalue weighted by atomic mass is 32.2. The minimum absolute atomic E-state index is 0.139. The molecule has 2 fully saturated rings. The lowest BCUT2D eigenvalue weighted by atomic mass is 9.95. The maximum atomic E-state index is 13.9. The molecule has 0 atom stereocenters. The summed E-state index contributed by atoms with van der Waals surface area (Å²) in [5.74, 6) is -2.53. The molecule has 2 saturated heterocycles. The number of halogens is 2. The molecule has 0 aliphatic carbocycles. The van der Waals surface area contributed by atoms with Gasteiger partial charge in [0.05, 0.1) is 17.0 Å². The number of hydrogen-bond donors (Lipinski definition) is 1. The van der Waals surface area contributed by atoms with Crippen molar-refractivity contribution in [3.05, 3.63) is 59.7 Å². The van der Waals surface area contributed by atoms with Gasteiger partial charge in [-0.25, -0.2) is 17.2 Å². The first-order chi connectivity index (χ1) is 15.2. The van der Waals surface area contributed by atoms with E-state index in [4.69, 9.17) is 0 Å². The Morgan fingerprint density at radius 3 is 2.25 bits per heavy atom. The molecule has 4 rings (SSSR count). The van der Waals surface area contributed by atoms with Gasteiger partial charge in [-0.2, -0.15) is 0 Å². The molecule has 0 spiro atoms. The van der Waals surface area contributed by atoms with Crippen LogP contribution in [0.1, 0.15) is 29.6 Å². The van der Waals surface area contributed by atoms with Crippen LogP contribution in [0.4, 0.5) is 20.2 Å². The Kier molecular flexibility index (Phi) is 6.14. The lowest BCUT2D eigenvalue weighted by molar-refractivity contribution is -0.121. The van der Waals surface area contributed by atoms with E-state index in [0.29, 0.717) is 56.3 Å². The second-order valence-corrected chi connectivity index (χ2v) is 9.98. The number of carbonyl (C=O) groups excluding carboxylic acids is 2. The number of anilines is 2. The van der Waals surface area contributed by atoms with Crippen LogP contribution < -0.4 is 9.62 Å². The molecule has 2 aromatic carbocycles. The summed E-state index contributed by atoms with van der Waals surface area (Å²) >= 11 is 0. The van der Waals surface area contributed by atoms with Gasteiger partial charge < -0.3 is 10.2 Å². The molecule has 0 bridgehead atoms. The number of amides is 2. The average Bonchev–Trinajstić information content (AvgIpc) is 3.13. The zero-order chi connectivity index (χ0) is 22.9. The molecular formula is C22H23F2N3O4S. The second kappa shape index (κ2) is 8.85. The third kappa shape index (κ3) is 4.59. The van der Waals surface area contributed by atoms with Crippen LogP contribution in [-0.2, 0) is 14.8 Å². The summed E-state index contributed by atoms with van der Waals surface area (Å²) in [5.41, 5.74) is 0.942. The Hall–Kier alpha value is -3.01. The van der Waals surface area contributed by atoms with E-state index in [-0.39, 0.29) is 23.1 Å². The first-order valence-corrected chi connectivity index (χ1v) is 12.0. The van der Waals surface area contributed by atoms with Crippen molar-refractivity contribution in [3.8, 4) is 0 Å². The second-order valence-electron chi connectivity index (χ2n) is 7.97. The highest BCUT2D eigenvalue weighted by Crippen LogP contribution is 2.26. The largest absolute Gasteiger partial charge is 0.339 e. The SMILES string of the molecule is O=C(Nc1ccc(N2CCCS2(=O)=O)cc1)C1CCN(C(=O)c2ccc(F)cc2F)CC1. The van der Waals surface area contributed by atoms with Crippen molar-refractivity contribution in [2.24, 2.45) is 5.92 Å². The number of sulfonamides is 1. The van der Waals surface area contributed by atoms with Crippen LogP contribution in [-0.4, -0.2) is 50.5 Å². The van der Waals surface area contributed by atoms with Crippen LogP contribution in [0, 0.1) is 17.6 Å². The number of nitrogens with zero attached hydrogens (tertiary/aromatic N) is 2. The van der Waals surface area contributed by atoms with Gasteiger partial charge in [-0.3, -0.25) is 13.9 Å². The summed E-state index contributed by atoms with van der Waals surface area (Å²) in [7, 11) is -3.26. The zero-order valence-corrected chi connectivity index (χ0v) is 18.1. The molecule has 1 N–H and O–H groups in total. The van der Waals surface area contributed by atoms with E-state index in [1.807, 2.05) is 0 Å². The Bertz CT molecular complexity index is 1130. The number of hydrogen-bond acceptors (Lipinski definition) is 4. The van der Waals surface area contributed by atoms with Crippen molar-refractivity contribution in [2.45, 2.75) is 19.3 Å². The van der Waals surface area contributed by atoms with E-state index >= 15 is 0 Å². The molecule has 170 valence electrons. The van der Waals surface area contributed by atoms with E-state index in [9.17, 15) is 26.8 Å². The molecular weight excluding hydrogens is 440 g/mol. The van der Waals surface area contributed by atoms with Gasteiger partial charge >= 0.3 is 0 Å². The molecule has 0 radical (unpaired) electrons. The van der Waals surface area contributed by atoms with E-state index in [2.05, 4.69) is 5.32 Å². The molecule has 2 heterocycles. The Morgan fingerprint density at radius 1 is 0.969 bits per heavy atom. The smallest absolute Gasteiger partial charge is 0.256 e. The predicted molar refractivity (Wildman–Crippen MR) is 116 cm³/mol. The van der Waals surface area contributed by atoms with E-state index in [0.717, 1.165) is 12.1 Å². The maximum Gasteiger partial charge on any atom is 0.256 e. The number of nitrogens with one attached hydrogen (secondary N) is 1. The highest BCUT2D eigenvalue weighted by Gasteiger charge is 2.30. The summed E-state index contributed by atoms with van der Waals surface area (Å²) < 4.78 is 52.4. The third-order valence-electron chi connectivity index (χ3n) is 5.84. The monoisotopic (exact) mass is 463 g/mol. The standard InChI is InChI=1S/C22H23F2N3O4S/c23-16-2-7-19(20(24)14-16)22(29)26-11-8-15(9-12-26)21(28)25-17-3-5-18(6-4-17)27-10-1-13-32(27,30)31/h2-7,14-15H,1,8-13H2,(H,25,28). The van der Waals surface area contributed by atoms with Gasteiger partial charge in [0.1, 0.15) is 11.6 Å². The fourth-order valence-electron chi connectivity index (χ4n) is 4.06. The van der Waals surface area contributed by atoms with Crippen LogP contribution in [0.5, 0.6) is 0 Å². The Labute approximate surface area is 185 Å². The van der Waals surface area contributed by atoms with Gasteiger partial charge in [0.2, 0.25) is 15.9 Å². The van der Waals surface area contributed by atoms with Crippen LogP contribution in [0.2, 0.25) is 0 Å². The van der Waals surface area contributed by atoms with Gasteiger partial charge in [0, 0.05) is 37.3 Å². The third-order valence-corrected chi connectivity index (χ3v) is 7.71. The van der Waals surface area contributed by atoms with Crippen molar-refractivity contribution in [3.63, 3.8) is 0 Å².